The van der Waals surface area contributed by atoms with E-state index >= 15 is 0 Å². The lowest BCUT2D eigenvalue weighted by Crippen LogP contribution is -2.48. The Morgan fingerprint density at radius 1 is 0.411 bits per heavy atom. The van der Waals surface area contributed by atoms with Crippen molar-refractivity contribution in [1.82, 2.24) is 44.9 Å². The van der Waals surface area contributed by atoms with E-state index in [1.807, 2.05) is 20.8 Å². The van der Waals surface area contributed by atoms with Crippen LogP contribution in [0.2, 0.25) is 5.02 Å². The van der Waals surface area contributed by atoms with Crippen molar-refractivity contribution in [2.45, 2.75) is 117 Å². The van der Waals surface area contributed by atoms with Gasteiger partial charge in [-0.25, -0.2) is 45.9 Å². The number of halogens is 18. The molecule has 5 fully saturated rings. The van der Waals surface area contributed by atoms with Crippen molar-refractivity contribution in [2.24, 2.45) is 35.5 Å². The highest BCUT2D eigenvalue weighted by atomic mass is 35.5. The molecule has 5 aliphatic heterocycles. The minimum atomic E-state index is -4.79. The zero-order chi connectivity index (χ0) is 92.5. The largest absolute Gasteiger partial charge is 0.449 e. The molecule has 0 bridgehead atoms. The summed E-state index contributed by atoms with van der Waals surface area (Å²) >= 11 is 5.63. The molecular weight excluding hydrogens is 1700 g/mol. The standard InChI is InChI=1S/C17H22ClFN2O3.C17H21F4N3O2.2C16H19F4N3O2.C15H17F4N3O2/c1-11(2)10-24-17(23)21-7-3-4-12(9-21)16(22)20-13-5-6-14(18)15(19)8-13;1-3-23(2)16(26)24-8-4-5-11(10-24)15(25)22-12-6-7-13(14(18)9-12)17(19,20)21;1-22(2)15(25)23-7-3-4-10(9-23)14(24)21-11-5-6-12(13(17)8-11)16(18,19)20;1-2-21-15(25)23-7-3-4-10(9-23)14(24)22-11-5-6-12(13(17)8-11)16(18,19)20;1-20-14(24)22-6-2-3-9(8-22)13(23)21-10-4-5-11(12(16)7-10)15(17,18)19/h5-6,8,11-12H,3-4,7,9-10H2,1-2H3,(H,20,22);6-7,9,11H,3-5,8,10H2,1-2H3,(H,22,25);5-6,8,10H,3-4,7,9H2,1-2H3,(H,21,24);5-6,8,10H,2-4,7,9H2,1H3,(H,21,25)(H,22,24);4-5,7,9H,2-3,6,8H2,1H3,(H,20,24)(H,21,23)/t12-;11-;2*10-;9-/m00000/s1. The molecule has 0 unspecified atom stereocenters. The molecule has 0 aromatic heterocycles. The zero-order valence-electron chi connectivity index (χ0n) is 68.8. The van der Waals surface area contributed by atoms with E-state index in [0.717, 1.165) is 30.7 Å². The predicted molar refractivity (Wildman–Crippen MR) is 424 cm³/mol. The van der Waals surface area contributed by atoms with Crippen molar-refractivity contribution in [3.63, 3.8) is 0 Å². The molecule has 5 aliphatic rings. The van der Waals surface area contributed by atoms with Crippen LogP contribution < -0.4 is 37.2 Å². The van der Waals surface area contributed by atoms with Crippen LogP contribution in [-0.4, -0.2) is 207 Å². The van der Waals surface area contributed by atoms with Crippen LogP contribution in [0.25, 0.3) is 0 Å². The molecule has 0 radical (unpaired) electrons. The Hall–Kier alpha value is -11.1. The number of anilines is 5. The molecule has 10 rings (SSSR count). The molecule has 25 nitrogen and oxygen atoms in total. The van der Waals surface area contributed by atoms with Gasteiger partial charge < -0.3 is 76.3 Å². The highest BCUT2D eigenvalue weighted by Gasteiger charge is 2.40. The molecule has 7 N–H and O–H groups in total. The van der Waals surface area contributed by atoms with E-state index in [2.05, 4.69) is 37.2 Å². The van der Waals surface area contributed by atoms with Gasteiger partial charge >= 0.3 is 54.9 Å². The molecule has 5 heterocycles. The molecule has 0 spiro atoms. The number of piperidine rings is 5. The van der Waals surface area contributed by atoms with Crippen molar-refractivity contribution >= 4 is 99.8 Å². The number of hydrogen-bond acceptors (Lipinski definition) is 11. The van der Waals surface area contributed by atoms with Gasteiger partial charge in [0.05, 0.1) is 63.5 Å². The second-order valence-corrected chi connectivity index (χ2v) is 30.5. The summed E-state index contributed by atoms with van der Waals surface area (Å²) in [4.78, 5) is 132. The molecule has 0 saturated carbocycles. The summed E-state index contributed by atoms with van der Waals surface area (Å²) in [5, 5.41) is 17.5. The average molecular weight is 1800 g/mol. The summed E-state index contributed by atoms with van der Waals surface area (Å²) in [5.41, 5.74) is -5.39. The van der Waals surface area contributed by atoms with Gasteiger partial charge in [0.1, 0.15) is 29.1 Å². The second-order valence-electron chi connectivity index (χ2n) is 30.1. The van der Waals surface area contributed by atoms with Gasteiger partial charge in [0.25, 0.3) is 0 Å². The SMILES string of the molecule is CC(C)COC(=O)N1CCC[C@H](C(=O)Nc2ccc(Cl)c(F)c2)C1.CCN(C)C(=O)N1CCC[C@H](C(=O)Nc2ccc(C(F)(F)F)c(F)c2)C1.CCNC(=O)N1CCC[C@H](C(=O)Nc2ccc(C(F)(F)F)c(F)c2)C1.CN(C)C(=O)N1CCC[C@H](C(=O)Nc2ccc(C(F)(F)F)c(F)c2)C1.CNC(=O)N1CCC[C@H](C(=O)Nc2ccc(C(F)(F)F)c(F)c2)C1. The number of rotatable bonds is 14. The van der Waals surface area contributed by atoms with Crippen LogP contribution in [0, 0.1) is 64.6 Å². The third-order valence-corrected chi connectivity index (χ3v) is 20.3. The number of nitrogens with zero attached hydrogens (tertiary/aromatic N) is 7. The molecule has 0 aliphatic carbocycles. The Labute approximate surface area is 708 Å². The van der Waals surface area contributed by atoms with Gasteiger partial charge in [-0.3, -0.25) is 24.0 Å². The minimum absolute atomic E-state index is 0.00439. The number of carbonyl (C=O) groups is 10. The third-order valence-electron chi connectivity index (χ3n) is 20.0. The quantitative estimate of drug-likeness (QED) is 0.0513. The first-order valence-electron chi connectivity index (χ1n) is 39.4. The summed E-state index contributed by atoms with van der Waals surface area (Å²) in [5.74, 6) is -10.5. The minimum Gasteiger partial charge on any atom is -0.449 e. The summed E-state index contributed by atoms with van der Waals surface area (Å²) in [6, 6.07) is 12.1. The van der Waals surface area contributed by atoms with Crippen molar-refractivity contribution in [3.05, 3.63) is 147 Å². The fraction of sp³-hybridized carbons (Fsp3) is 0.506. The number of alkyl halides is 12. The van der Waals surface area contributed by atoms with Crippen LogP contribution >= 0.6 is 11.6 Å². The van der Waals surface area contributed by atoms with Gasteiger partial charge in [0.2, 0.25) is 29.5 Å². The topological polar surface area (TPSA) is 287 Å². The molecule has 43 heteroatoms. The Morgan fingerprint density at radius 2 is 0.685 bits per heavy atom. The van der Waals surface area contributed by atoms with Gasteiger partial charge in [-0.2, -0.15) is 52.7 Å². The molecule has 5 saturated heterocycles. The monoisotopic (exact) mass is 1800 g/mol. The number of hydrogen-bond donors (Lipinski definition) is 7. The van der Waals surface area contributed by atoms with Crippen LogP contribution in [0.5, 0.6) is 0 Å². The molecule has 5 aromatic rings. The summed E-state index contributed by atoms with van der Waals surface area (Å²) in [6.07, 6.45) is -13.4. The molecule has 5 aromatic carbocycles. The fourth-order valence-corrected chi connectivity index (χ4v) is 13.5. The van der Waals surface area contributed by atoms with Crippen LogP contribution in [0.3, 0.4) is 0 Å². The van der Waals surface area contributed by atoms with Gasteiger partial charge in [-0.1, -0.05) is 25.4 Å². The number of benzene rings is 5. The number of carbonyl (C=O) groups excluding carboxylic acids is 10. The van der Waals surface area contributed by atoms with Gasteiger partial charge in [0, 0.05) is 135 Å². The maximum atomic E-state index is 13.6. The summed E-state index contributed by atoms with van der Waals surface area (Å²) < 4.78 is 223. The number of urea groups is 4. The molecule has 684 valence electrons. The van der Waals surface area contributed by atoms with Crippen molar-refractivity contribution < 1.29 is 127 Å². The molecule has 124 heavy (non-hydrogen) atoms. The van der Waals surface area contributed by atoms with Gasteiger partial charge in [0.15, 0.2) is 0 Å². The lowest BCUT2D eigenvalue weighted by molar-refractivity contribution is -0.140. The van der Waals surface area contributed by atoms with E-state index in [-0.39, 0.29) is 95.8 Å². The lowest BCUT2D eigenvalue weighted by Gasteiger charge is -2.34. The van der Waals surface area contributed by atoms with Gasteiger partial charge in [-0.05, 0) is 175 Å². The Kier molecular flexibility index (Phi) is 37.8. The van der Waals surface area contributed by atoms with Gasteiger partial charge in [-0.15, -0.1) is 0 Å². The maximum absolute atomic E-state index is 13.6. The Balaban J connectivity index is 0.000000240. The highest BCUT2D eigenvalue weighted by molar-refractivity contribution is 6.30. The average Bonchev–Trinajstić information content (AvgIpc) is 0.827. The molecular formula is C81H98ClF17N14O11. The fourth-order valence-electron chi connectivity index (χ4n) is 13.3. The van der Waals surface area contributed by atoms with Crippen molar-refractivity contribution in [3.8, 4) is 0 Å². The first-order valence-corrected chi connectivity index (χ1v) is 39.7. The first kappa shape index (κ1) is 102. The number of amides is 14. The van der Waals surface area contributed by atoms with E-state index in [1.165, 1.54) is 38.8 Å². The van der Waals surface area contributed by atoms with Crippen LogP contribution in [0.15, 0.2) is 91.0 Å². The number of likely N-dealkylation sites (tertiary alicyclic amines) is 5. The first-order chi connectivity index (χ1) is 58.0. The van der Waals surface area contributed by atoms with E-state index in [0.29, 0.717) is 171 Å². The van der Waals surface area contributed by atoms with Crippen LogP contribution in [0.1, 0.15) is 114 Å². The predicted octanol–water partition coefficient (Wildman–Crippen LogP) is 16.7. The Morgan fingerprint density at radius 3 is 0.960 bits per heavy atom. The highest BCUT2D eigenvalue weighted by Crippen LogP contribution is 2.38. The van der Waals surface area contributed by atoms with Crippen LogP contribution in [0.4, 0.5) is 127 Å². The maximum Gasteiger partial charge on any atom is 0.419 e. The zero-order valence-corrected chi connectivity index (χ0v) is 69.6. The summed E-state index contributed by atoms with van der Waals surface area (Å²) in [7, 11) is 6.36. The lowest BCUT2D eigenvalue weighted by atomic mass is 9.97. The number of ether oxygens (including phenoxy) is 1. The van der Waals surface area contributed by atoms with E-state index in [1.54, 1.807) is 48.8 Å². The van der Waals surface area contributed by atoms with E-state index in [9.17, 15) is 123 Å². The second kappa shape index (κ2) is 46.0. The normalized spacial score (nSPS) is 17.9. The molecule has 5 atom stereocenters. The van der Waals surface area contributed by atoms with E-state index in [4.69, 9.17) is 16.3 Å². The Bertz CT molecular complexity index is 4530. The van der Waals surface area contributed by atoms with Crippen molar-refractivity contribution in [2.75, 3.05) is 140 Å². The van der Waals surface area contributed by atoms with E-state index < -0.39 is 129 Å². The molecule has 14 amide bonds. The third kappa shape index (κ3) is 31.0. The smallest absolute Gasteiger partial charge is 0.419 e. The number of nitrogens with one attached hydrogen (secondary N) is 7. The van der Waals surface area contributed by atoms with Crippen molar-refractivity contribution in [1.29, 1.82) is 0 Å². The summed E-state index contributed by atoms with van der Waals surface area (Å²) in [6.45, 7) is 12.8. The van der Waals surface area contributed by atoms with Crippen LogP contribution in [-0.2, 0) is 53.4 Å².